The minimum absolute atomic E-state index is 0.0266. The van der Waals surface area contributed by atoms with E-state index in [1.807, 2.05) is 13.0 Å². The largest absolute Gasteiger partial charge is 0.459 e. The van der Waals surface area contributed by atoms with Crippen molar-refractivity contribution in [2.24, 2.45) is 5.41 Å². The monoisotopic (exact) mass is 252 g/mol. The summed E-state index contributed by atoms with van der Waals surface area (Å²) in [6.45, 7) is 10.0. The molecule has 0 radical (unpaired) electrons. The number of fused-ring (bicyclic) bond motifs is 1. The Labute approximate surface area is 110 Å². The smallest absolute Gasteiger partial charge is 0.303 e. The van der Waals surface area contributed by atoms with Gasteiger partial charge in [0.15, 0.2) is 0 Å². The van der Waals surface area contributed by atoms with Crippen molar-refractivity contribution in [3.05, 3.63) is 12.2 Å². The van der Waals surface area contributed by atoms with Crippen molar-refractivity contribution in [1.29, 1.82) is 0 Å². The first-order chi connectivity index (χ1) is 8.22. The molecular formula is C15H24O3. The van der Waals surface area contributed by atoms with Crippen LogP contribution in [0.4, 0.5) is 0 Å². The summed E-state index contributed by atoms with van der Waals surface area (Å²) in [6, 6.07) is 0. The highest BCUT2D eigenvalue weighted by atomic mass is 16.6. The Bertz CT molecular complexity index is 385. The normalized spacial score (nSPS) is 39.2. The minimum Gasteiger partial charge on any atom is -0.459 e. The summed E-state index contributed by atoms with van der Waals surface area (Å²) >= 11 is 0. The van der Waals surface area contributed by atoms with Gasteiger partial charge in [-0.05, 0) is 45.3 Å². The fourth-order valence-electron chi connectivity index (χ4n) is 3.48. The maximum absolute atomic E-state index is 10.9. The molecule has 0 aromatic carbocycles. The van der Waals surface area contributed by atoms with Crippen molar-refractivity contribution in [3.8, 4) is 0 Å². The number of hydrogen-bond acceptors (Lipinski definition) is 3. The third kappa shape index (κ3) is 1.99. The lowest BCUT2D eigenvalue weighted by molar-refractivity contribution is -0.143. The van der Waals surface area contributed by atoms with Gasteiger partial charge < -0.3 is 9.47 Å². The number of epoxide rings is 1. The van der Waals surface area contributed by atoms with Crippen LogP contribution in [-0.4, -0.2) is 23.3 Å². The number of hydrogen-bond donors (Lipinski definition) is 0. The molecule has 3 atom stereocenters. The van der Waals surface area contributed by atoms with Crippen molar-refractivity contribution in [2.75, 3.05) is 0 Å². The van der Waals surface area contributed by atoms with Crippen LogP contribution in [0.15, 0.2) is 12.2 Å². The molecule has 102 valence electrons. The van der Waals surface area contributed by atoms with E-state index in [1.54, 1.807) is 0 Å². The van der Waals surface area contributed by atoms with Crippen LogP contribution in [0.25, 0.3) is 0 Å². The van der Waals surface area contributed by atoms with Gasteiger partial charge in [0.25, 0.3) is 0 Å². The van der Waals surface area contributed by atoms with Crippen LogP contribution in [0.1, 0.15) is 53.9 Å². The number of carbonyl (C=O) groups excluding carboxylic acids is 1. The lowest BCUT2D eigenvalue weighted by Crippen LogP contribution is -2.41. The van der Waals surface area contributed by atoms with E-state index < -0.39 is 0 Å². The average Bonchev–Trinajstić information content (AvgIpc) is 2.82. The van der Waals surface area contributed by atoms with Crippen LogP contribution < -0.4 is 0 Å². The van der Waals surface area contributed by atoms with Crippen LogP contribution in [-0.2, 0) is 14.3 Å². The average molecular weight is 252 g/mol. The molecule has 1 aliphatic carbocycles. The Hall–Kier alpha value is -0.830. The maximum atomic E-state index is 10.9. The van der Waals surface area contributed by atoms with Gasteiger partial charge in [-0.3, -0.25) is 4.79 Å². The molecule has 0 aromatic rings. The van der Waals surface area contributed by atoms with Crippen LogP contribution in [0.2, 0.25) is 0 Å². The van der Waals surface area contributed by atoms with E-state index in [-0.39, 0.29) is 28.7 Å². The molecule has 0 bridgehead atoms. The summed E-state index contributed by atoms with van der Waals surface area (Å²) < 4.78 is 11.2. The zero-order chi connectivity index (χ0) is 13.6. The van der Waals surface area contributed by atoms with E-state index in [9.17, 15) is 4.79 Å². The van der Waals surface area contributed by atoms with Crippen molar-refractivity contribution >= 4 is 5.97 Å². The molecule has 1 aliphatic heterocycles. The van der Waals surface area contributed by atoms with Crippen LogP contribution >= 0.6 is 0 Å². The SMILES string of the molecule is CC(=O)O[C@H](C)C=C[C@@]12O[C@]1(C)CCCC2(C)C. The van der Waals surface area contributed by atoms with E-state index in [1.165, 1.54) is 19.8 Å². The Morgan fingerprint density at radius 2 is 2.00 bits per heavy atom. The first-order valence-corrected chi connectivity index (χ1v) is 6.79. The van der Waals surface area contributed by atoms with Crippen molar-refractivity contribution in [1.82, 2.24) is 0 Å². The molecule has 1 saturated carbocycles. The van der Waals surface area contributed by atoms with Gasteiger partial charge in [-0.15, -0.1) is 0 Å². The van der Waals surface area contributed by atoms with E-state index in [0.717, 1.165) is 6.42 Å². The zero-order valence-corrected chi connectivity index (χ0v) is 12.1. The summed E-state index contributed by atoms with van der Waals surface area (Å²) in [5.74, 6) is -0.243. The van der Waals surface area contributed by atoms with E-state index in [4.69, 9.17) is 9.47 Å². The second-order valence-corrected chi connectivity index (χ2v) is 6.48. The minimum atomic E-state index is -0.243. The molecule has 0 aromatic heterocycles. The lowest BCUT2D eigenvalue weighted by atomic mass is 9.64. The predicted octanol–water partition coefficient (Wildman–Crippen LogP) is 3.23. The molecule has 0 spiro atoms. The topological polar surface area (TPSA) is 38.8 Å². The highest BCUT2D eigenvalue weighted by molar-refractivity contribution is 5.66. The summed E-state index contributed by atoms with van der Waals surface area (Å²) in [5.41, 5.74) is -0.0553. The Kier molecular flexibility index (Phi) is 3.09. The molecule has 0 amide bonds. The summed E-state index contributed by atoms with van der Waals surface area (Å²) in [5, 5.41) is 0. The van der Waals surface area contributed by atoms with Crippen LogP contribution in [0.3, 0.4) is 0 Å². The molecular weight excluding hydrogens is 228 g/mol. The number of esters is 1. The molecule has 1 saturated heterocycles. The molecule has 3 nitrogen and oxygen atoms in total. The molecule has 1 heterocycles. The summed E-state index contributed by atoms with van der Waals surface area (Å²) in [7, 11) is 0. The second-order valence-electron chi connectivity index (χ2n) is 6.48. The van der Waals surface area contributed by atoms with E-state index in [2.05, 4.69) is 26.8 Å². The molecule has 2 aliphatic rings. The Balaban J connectivity index is 2.12. The van der Waals surface area contributed by atoms with Crippen molar-refractivity contribution < 1.29 is 14.3 Å². The predicted molar refractivity (Wildman–Crippen MR) is 70.2 cm³/mol. The highest BCUT2D eigenvalue weighted by Crippen LogP contribution is 2.65. The summed E-state index contributed by atoms with van der Waals surface area (Å²) in [6.07, 6.45) is 7.40. The molecule has 3 heteroatoms. The number of rotatable bonds is 3. The van der Waals surface area contributed by atoms with Gasteiger partial charge in [-0.25, -0.2) is 0 Å². The van der Waals surface area contributed by atoms with Gasteiger partial charge in [-0.2, -0.15) is 0 Å². The van der Waals surface area contributed by atoms with Gasteiger partial charge in [0, 0.05) is 12.3 Å². The fraction of sp³-hybridized carbons (Fsp3) is 0.800. The molecule has 2 fully saturated rings. The van der Waals surface area contributed by atoms with Crippen molar-refractivity contribution in [2.45, 2.75) is 71.2 Å². The van der Waals surface area contributed by atoms with Crippen molar-refractivity contribution in [3.63, 3.8) is 0 Å². The van der Waals surface area contributed by atoms with E-state index >= 15 is 0 Å². The molecule has 0 N–H and O–H groups in total. The van der Waals surface area contributed by atoms with Gasteiger partial charge in [0.2, 0.25) is 0 Å². The first kappa shape index (κ1) is 13.6. The van der Waals surface area contributed by atoms with Gasteiger partial charge in [0.05, 0.1) is 5.60 Å². The summed E-state index contributed by atoms with van der Waals surface area (Å²) in [4.78, 5) is 10.9. The van der Waals surface area contributed by atoms with Gasteiger partial charge in [0.1, 0.15) is 11.7 Å². The first-order valence-electron chi connectivity index (χ1n) is 6.79. The van der Waals surface area contributed by atoms with Crippen LogP contribution in [0, 0.1) is 5.41 Å². The lowest BCUT2D eigenvalue weighted by Gasteiger charge is -2.36. The van der Waals surface area contributed by atoms with Gasteiger partial charge >= 0.3 is 5.97 Å². The third-order valence-electron chi connectivity index (χ3n) is 4.55. The standard InChI is InChI=1S/C15H24O3/c1-11(17-12(2)16)7-10-15-13(3,4)8-6-9-14(15,5)18-15/h7,10-11H,6,8-9H2,1-5H3/t11-,14-,15+/m1/s1. The molecule has 18 heavy (non-hydrogen) atoms. The molecule has 0 unspecified atom stereocenters. The second kappa shape index (κ2) is 4.09. The van der Waals surface area contributed by atoms with E-state index in [0.29, 0.717) is 0 Å². The molecule has 2 rings (SSSR count). The quantitative estimate of drug-likeness (QED) is 0.440. The third-order valence-corrected chi connectivity index (χ3v) is 4.55. The Morgan fingerprint density at radius 1 is 1.33 bits per heavy atom. The highest BCUT2D eigenvalue weighted by Gasteiger charge is 2.73. The maximum Gasteiger partial charge on any atom is 0.303 e. The Morgan fingerprint density at radius 3 is 2.56 bits per heavy atom. The number of carbonyl (C=O) groups is 1. The zero-order valence-electron chi connectivity index (χ0n) is 12.1. The number of ether oxygens (including phenoxy) is 2. The van der Waals surface area contributed by atoms with Crippen LogP contribution in [0.5, 0.6) is 0 Å². The van der Waals surface area contributed by atoms with Gasteiger partial charge in [-0.1, -0.05) is 13.8 Å². The fourth-order valence-corrected chi connectivity index (χ4v) is 3.48.